The van der Waals surface area contributed by atoms with Crippen molar-refractivity contribution in [3.05, 3.63) is 18.2 Å². The molecule has 3 N–H and O–H groups in total. The van der Waals surface area contributed by atoms with Crippen molar-refractivity contribution in [3.63, 3.8) is 0 Å². The first-order valence-electron chi connectivity index (χ1n) is 4.42. The van der Waals surface area contributed by atoms with Crippen molar-refractivity contribution >= 4 is 17.3 Å². The summed E-state index contributed by atoms with van der Waals surface area (Å²) in [5, 5.41) is 15.0. The van der Waals surface area contributed by atoms with Crippen LogP contribution in [0.25, 0.3) is 0 Å². The summed E-state index contributed by atoms with van der Waals surface area (Å²) < 4.78 is 0. The second-order valence-corrected chi connectivity index (χ2v) is 3.93. The minimum absolute atomic E-state index is 0.101. The SMILES string of the molecule is CC1(C)Nc2ccc(O)cc2NC1=O. The maximum Gasteiger partial charge on any atom is 0.249 e. The number of anilines is 2. The van der Waals surface area contributed by atoms with Crippen LogP contribution in [-0.2, 0) is 4.79 Å². The van der Waals surface area contributed by atoms with Gasteiger partial charge in [0.25, 0.3) is 0 Å². The molecule has 0 aromatic heterocycles. The van der Waals surface area contributed by atoms with Crippen LogP contribution in [0.1, 0.15) is 13.8 Å². The molecule has 0 fully saturated rings. The van der Waals surface area contributed by atoms with E-state index in [1.165, 1.54) is 6.07 Å². The van der Waals surface area contributed by atoms with E-state index in [1.807, 2.05) is 0 Å². The molecule has 0 unspecified atom stereocenters. The molecule has 0 spiro atoms. The van der Waals surface area contributed by atoms with Crippen LogP contribution in [0, 0.1) is 0 Å². The van der Waals surface area contributed by atoms with Gasteiger partial charge in [0.1, 0.15) is 11.3 Å². The lowest BCUT2D eigenvalue weighted by molar-refractivity contribution is -0.119. The molecule has 0 atom stereocenters. The van der Waals surface area contributed by atoms with Gasteiger partial charge in [-0.25, -0.2) is 0 Å². The molecule has 1 aromatic rings. The fourth-order valence-corrected chi connectivity index (χ4v) is 1.42. The van der Waals surface area contributed by atoms with Crippen LogP contribution in [-0.4, -0.2) is 16.6 Å². The third kappa shape index (κ3) is 1.28. The molecule has 0 saturated heterocycles. The van der Waals surface area contributed by atoms with Crippen LogP contribution < -0.4 is 10.6 Å². The summed E-state index contributed by atoms with van der Waals surface area (Å²) in [7, 11) is 0. The molecule has 1 aliphatic heterocycles. The van der Waals surface area contributed by atoms with Gasteiger partial charge in [-0.15, -0.1) is 0 Å². The molecule has 4 heteroatoms. The number of benzene rings is 1. The smallest absolute Gasteiger partial charge is 0.249 e. The lowest BCUT2D eigenvalue weighted by Crippen LogP contribution is -2.47. The van der Waals surface area contributed by atoms with E-state index in [0.29, 0.717) is 5.69 Å². The van der Waals surface area contributed by atoms with Gasteiger partial charge >= 0.3 is 0 Å². The van der Waals surface area contributed by atoms with Crippen molar-refractivity contribution in [2.75, 3.05) is 10.6 Å². The third-order valence-corrected chi connectivity index (χ3v) is 2.27. The maximum atomic E-state index is 11.5. The zero-order valence-corrected chi connectivity index (χ0v) is 8.09. The molecular formula is C10H12N2O2. The van der Waals surface area contributed by atoms with E-state index >= 15 is 0 Å². The van der Waals surface area contributed by atoms with Crippen molar-refractivity contribution < 1.29 is 9.90 Å². The maximum absolute atomic E-state index is 11.5. The summed E-state index contributed by atoms with van der Waals surface area (Å²) in [4.78, 5) is 11.5. The number of fused-ring (bicyclic) bond motifs is 1. The van der Waals surface area contributed by atoms with Crippen LogP contribution in [0.15, 0.2) is 18.2 Å². The highest BCUT2D eigenvalue weighted by Gasteiger charge is 2.32. The zero-order valence-electron chi connectivity index (χ0n) is 8.09. The summed E-state index contributed by atoms with van der Waals surface area (Å²) in [5.41, 5.74) is 0.839. The number of rotatable bonds is 0. The normalized spacial score (nSPS) is 18.0. The third-order valence-electron chi connectivity index (χ3n) is 2.27. The van der Waals surface area contributed by atoms with Crippen LogP contribution >= 0.6 is 0 Å². The van der Waals surface area contributed by atoms with Crippen LogP contribution in [0.2, 0.25) is 0 Å². The Hall–Kier alpha value is -1.71. The summed E-state index contributed by atoms with van der Waals surface area (Å²) in [6, 6.07) is 4.85. The summed E-state index contributed by atoms with van der Waals surface area (Å²) in [5.74, 6) is 0.0427. The molecular weight excluding hydrogens is 180 g/mol. The van der Waals surface area contributed by atoms with Crippen molar-refractivity contribution in [1.82, 2.24) is 0 Å². The van der Waals surface area contributed by atoms with Gasteiger partial charge in [-0.1, -0.05) is 0 Å². The Morgan fingerprint density at radius 1 is 1.29 bits per heavy atom. The molecule has 0 bridgehead atoms. The Balaban J connectivity index is 2.46. The van der Waals surface area contributed by atoms with Gasteiger partial charge < -0.3 is 15.7 Å². The Kier molecular flexibility index (Phi) is 1.67. The monoisotopic (exact) mass is 192 g/mol. The second kappa shape index (κ2) is 2.64. The summed E-state index contributed by atoms with van der Waals surface area (Å²) >= 11 is 0. The number of phenolic OH excluding ortho intramolecular Hbond substituents is 1. The van der Waals surface area contributed by atoms with E-state index in [1.54, 1.807) is 26.0 Å². The summed E-state index contributed by atoms with van der Waals surface area (Å²) in [6.45, 7) is 3.61. The molecule has 1 heterocycles. The Morgan fingerprint density at radius 2 is 2.00 bits per heavy atom. The zero-order chi connectivity index (χ0) is 10.3. The van der Waals surface area contributed by atoms with Gasteiger partial charge in [-0.05, 0) is 26.0 Å². The van der Waals surface area contributed by atoms with Crippen molar-refractivity contribution in [2.24, 2.45) is 0 Å². The van der Waals surface area contributed by atoms with Gasteiger partial charge in [0.2, 0.25) is 5.91 Å². The molecule has 0 saturated carbocycles. The molecule has 4 nitrogen and oxygen atoms in total. The predicted octanol–water partition coefficient (Wildman–Crippen LogP) is 1.53. The Bertz CT molecular complexity index is 399. The van der Waals surface area contributed by atoms with E-state index in [0.717, 1.165) is 5.69 Å². The van der Waals surface area contributed by atoms with Crippen LogP contribution in [0.3, 0.4) is 0 Å². The predicted molar refractivity (Wildman–Crippen MR) is 54.4 cm³/mol. The highest BCUT2D eigenvalue weighted by Crippen LogP contribution is 2.32. The highest BCUT2D eigenvalue weighted by atomic mass is 16.3. The van der Waals surface area contributed by atoms with Crippen molar-refractivity contribution in [2.45, 2.75) is 19.4 Å². The van der Waals surface area contributed by atoms with Crippen molar-refractivity contribution in [3.8, 4) is 5.75 Å². The average molecular weight is 192 g/mol. The quantitative estimate of drug-likeness (QED) is 0.546. The molecule has 14 heavy (non-hydrogen) atoms. The topological polar surface area (TPSA) is 61.4 Å². The minimum Gasteiger partial charge on any atom is -0.508 e. The summed E-state index contributed by atoms with van der Waals surface area (Å²) in [6.07, 6.45) is 0. The molecule has 1 aliphatic rings. The highest BCUT2D eigenvalue weighted by molar-refractivity contribution is 6.05. The first kappa shape index (κ1) is 8.87. The molecule has 1 amide bonds. The van der Waals surface area contributed by atoms with Gasteiger partial charge in [0, 0.05) is 6.07 Å². The van der Waals surface area contributed by atoms with Gasteiger partial charge in [0.05, 0.1) is 11.4 Å². The number of aromatic hydroxyl groups is 1. The molecule has 0 radical (unpaired) electrons. The number of nitrogens with one attached hydrogen (secondary N) is 2. The molecule has 1 aromatic carbocycles. The van der Waals surface area contributed by atoms with Crippen molar-refractivity contribution in [1.29, 1.82) is 0 Å². The molecule has 2 rings (SSSR count). The molecule has 0 aliphatic carbocycles. The second-order valence-electron chi connectivity index (χ2n) is 3.93. The average Bonchev–Trinajstić information content (AvgIpc) is 2.08. The van der Waals surface area contributed by atoms with Gasteiger partial charge in [-0.3, -0.25) is 4.79 Å². The van der Waals surface area contributed by atoms with Crippen LogP contribution in [0.4, 0.5) is 11.4 Å². The van der Waals surface area contributed by atoms with E-state index < -0.39 is 5.54 Å². The van der Waals surface area contributed by atoms with Gasteiger partial charge in [0.15, 0.2) is 0 Å². The number of amides is 1. The van der Waals surface area contributed by atoms with Gasteiger partial charge in [-0.2, -0.15) is 0 Å². The largest absolute Gasteiger partial charge is 0.508 e. The fraction of sp³-hybridized carbons (Fsp3) is 0.300. The first-order valence-corrected chi connectivity index (χ1v) is 4.42. The Morgan fingerprint density at radius 3 is 2.71 bits per heavy atom. The number of hydrogen-bond acceptors (Lipinski definition) is 3. The lowest BCUT2D eigenvalue weighted by Gasteiger charge is -2.32. The standard InChI is InChI=1S/C10H12N2O2/c1-10(2)9(14)11-8-5-6(13)3-4-7(8)12-10/h3-5,12-13H,1-2H3,(H,11,14). The minimum atomic E-state index is -0.607. The fourth-order valence-electron chi connectivity index (χ4n) is 1.42. The number of hydrogen-bond donors (Lipinski definition) is 3. The number of phenols is 1. The first-order chi connectivity index (χ1) is 6.49. The van der Waals surface area contributed by atoms with E-state index in [4.69, 9.17) is 0 Å². The van der Waals surface area contributed by atoms with E-state index in [9.17, 15) is 9.90 Å². The molecule has 74 valence electrons. The Labute approximate surface area is 81.9 Å². The van der Waals surface area contributed by atoms with E-state index in [-0.39, 0.29) is 11.7 Å². The van der Waals surface area contributed by atoms with Crippen LogP contribution in [0.5, 0.6) is 5.75 Å². The number of carbonyl (C=O) groups excluding carboxylic acids is 1. The van der Waals surface area contributed by atoms with E-state index in [2.05, 4.69) is 10.6 Å². The number of carbonyl (C=O) groups is 1. The lowest BCUT2D eigenvalue weighted by atomic mass is 10.00.